The maximum absolute atomic E-state index is 14.8. The van der Waals surface area contributed by atoms with Crippen LogP contribution >= 0.6 is 0 Å². The number of carboxylic acid groups (broad SMARTS) is 1. The highest BCUT2D eigenvalue weighted by atomic mass is 16.6. The van der Waals surface area contributed by atoms with E-state index in [1.54, 1.807) is 66.5 Å². The third-order valence-corrected chi connectivity index (χ3v) is 10.4. The van der Waals surface area contributed by atoms with E-state index >= 15 is 0 Å². The number of carboxylic acids is 1. The second-order valence-corrected chi connectivity index (χ2v) is 20.0. The molecule has 1 aromatic heterocycles. The van der Waals surface area contributed by atoms with Crippen molar-refractivity contribution in [2.24, 2.45) is 18.4 Å². The lowest BCUT2D eigenvalue weighted by molar-refractivity contribution is -0.142. The van der Waals surface area contributed by atoms with E-state index in [0.29, 0.717) is 18.4 Å². The average molecular weight is 855 g/mol. The van der Waals surface area contributed by atoms with Gasteiger partial charge in [0.05, 0.1) is 6.04 Å². The number of nitrogens with zero attached hydrogens (tertiary/aromatic N) is 3. The first-order valence-electron chi connectivity index (χ1n) is 21.1. The Hall–Kier alpha value is -5.08. The summed E-state index contributed by atoms with van der Waals surface area (Å²) in [5.74, 6) is -2.57. The van der Waals surface area contributed by atoms with Crippen molar-refractivity contribution in [2.45, 2.75) is 157 Å². The standard InChI is InChI=1S/C46H74N6O9/c1-28(2)34(26-29(3)37(53)47-25-21-20-23-32(40(56)57)48-41(58)60-44(7,8)9)51(16)39(55)35(43(4,5)6)49-38(54)36(52(17)42(59)61-45(10,11)12)46(13,14)31-27-50(15)33-24-19-18-22-30(31)33/h18-19,22,24,26-28,32,34-36H,20-21,23,25H2,1-17H3,(H,47,53)(H,48,58)(H,49,54)(H,56,57)/b29-26+/t32-,34-,35-,36-/m1/s1. The molecule has 0 unspecified atom stereocenters. The van der Waals surface area contributed by atoms with E-state index in [9.17, 15) is 33.9 Å². The first-order chi connectivity index (χ1) is 27.8. The van der Waals surface area contributed by atoms with Gasteiger partial charge in [-0.25, -0.2) is 14.4 Å². The molecule has 1 heterocycles. The van der Waals surface area contributed by atoms with Crippen LogP contribution in [0.15, 0.2) is 42.1 Å². The van der Waals surface area contributed by atoms with Crippen LogP contribution in [0.1, 0.15) is 122 Å². The summed E-state index contributed by atoms with van der Waals surface area (Å²) in [5, 5.41) is 18.8. The molecule has 61 heavy (non-hydrogen) atoms. The summed E-state index contributed by atoms with van der Waals surface area (Å²) in [7, 11) is 5.11. The summed E-state index contributed by atoms with van der Waals surface area (Å²) in [4.78, 5) is 83.0. The van der Waals surface area contributed by atoms with Crippen LogP contribution in [0.4, 0.5) is 9.59 Å². The van der Waals surface area contributed by atoms with Gasteiger partial charge in [0.2, 0.25) is 17.7 Å². The van der Waals surface area contributed by atoms with Gasteiger partial charge in [0.1, 0.15) is 29.3 Å². The number of alkyl carbamates (subject to hydrolysis) is 1. The summed E-state index contributed by atoms with van der Waals surface area (Å²) >= 11 is 0. The number of aliphatic carboxylic acids is 1. The number of amides is 5. The number of likely N-dealkylation sites (N-methyl/N-ethyl adjacent to an activating group) is 2. The molecule has 0 saturated heterocycles. The van der Waals surface area contributed by atoms with Crippen molar-refractivity contribution in [3.8, 4) is 0 Å². The first kappa shape index (κ1) is 52.1. The number of aromatic nitrogens is 1. The van der Waals surface area contributed by atoms with Gasteiger partial charge in [-0.05, 0) is 90.7 Å². The molecule has 0 bridgehead atoms. The number of ether oxygens (including phenoxy) is 2. The molecule has 0 spiro atoms. The second-order valence-electron chi connectivity index (χ2n) is 20.0. The number of para-hydroxylation sites is 1. The Morgan fingerprint density at radius 3 is 1.93 bits per heavy atom. The molecule has 15 nitrogen and oxygen atoms in total. The van der Waals surface area contributed by atoms with E-state index in [2.05, 4.69) is 16.0 Å². The van der Waals surface area contributed by atoms with Crippen molar-refractivity contribution in [1.82, 2.24) is 30.3 Å². The van der Waals surface area contributed by atoms with Crippen molar-refractivity contribution >= 4 is 46.8 Å². The van der Waals surface area contributed by atoms with Crippen LogP contribution in [-0.2, 0) is 41.1 Å². The van der Waals surface area contributed by atoms with Gasteiger partial charge in [0.25, 0.3) is 0 Å². The molecule has 0 fully saturated rings. The maximum Gasteiger partial charge on any atom is 0.410 e. The van der Waals surface area contributed by atoms with Gasteiger partial charge in [0, 0.05) is 55.8 Å². The largest absolute Gasteiger partial charge is 0.480 e. The van der Waals surface area contributed by atoms with Crippen LogP contribution in [0.3, 0.4) is 0 Å². The number of aryl methyl sites for hydroxylation is 1. The first-order valence-corrected chi connectivity index (χ1v) is 21.1. The van der Waals surface area contributed by atoms with Gasteiger partial charge >= 0.3 is 18.2 Å². The number of carbonyl (C=O) groups excluding carboxylic acids is 5. The minimum Gasteiger partial charge on any atom is -0.480 e. The number of carbonyl (C=O) groups is 6. The van der Waals surface area contributed by atoms with Gasteiger partial charge in [0.15, 0.2) is 0 Å². The monoisotopic (exact) mass is 855 g/mol. The lowest BCUT2D eigenvalue weighted by Crippen LogP contribution is -2.63. The minimum atomic E-state index is -1.18. The van der Waals surface area contributed by atoms with Crippen molar-refractivity contribution in [2.75, 3.05) is 20.6 Å². The lowest BCUT2D eigenvalue weighted by atomic mass is 9.76. The molecule has 15 heteroatoms. The molecule has 4 atom stereocenters. The molecule has 0 aliphatic carbocycles. The van der Waals surface area contributed by atoms with E-state index in [1.807, 2.05) is 90.5 Å². The van der Waals surface area contributed by atoms with E-state index < -0.39 is 70.3 Å². The van der Waals surface area contributed by atoms with Crippen LogP contribution in [0.25, 0.3) is 10.9 Å². The van der Waals surface area contributed by atoms with Gasteiger partial charge in [-0.3, -0.25) is 19.3 Å². The molecule has 1 aromatic carbocycles. The van der Waals surface area contributed by atoms with Crippen molar-refractivity contribution in [3.05, 3.63) is 47.7 Å². The molecule has 5 amide bonds. The summed E-state index contributed by atoms with van der Waals surface area (Å²) in [6.07, 6.45) is 3.21. The molecule has 0 radical (unpaired) electrons. The summed E-state index contributed by atoms with van der Waals surface area (Å²) in [5.41, 5.74) is -1.17. The molecule has 0 aliphatic heterocycles. The Morgan fingerprint density at radius 2 is 1.41 bits per heavy atom. The average Bonchev–Trinajstić information content (AvgIpc) is 3.46. The van der Waals surface area contributed by atoms with E-state index in [4.69, 9.17) is 9.47 Å². The third kappa shape index (κ3) is 14.8. The quantitative estimate of drug-likeness (QED) is 0.0968. The van der Waals surface area contributed by atoms with Crippen LogP contribution in [0, 0.1) is 11.3 Å². The molecule has 4 N–H and O–H groups in total. The van der Waals surface area contributed by atoms with Crippen LogP contribution < -0.4 is 16.0 Å². The number of hydrogen-bond acceptors (Lipinski definition) is 8. The Morgan fingerprint density at radius 1 is 0.836 bits per heavy atom. The van der Waals surface area contributed by atoms with Gasteiger partial charge < -0.3 is 40.0 Å². The van der Waals surface area contributed by atoms with Gasteiger partial charge in [-0.1, -0.05) is 72.7 Å². The number of hydrogen-bond donors (Lipinski definition) is 4. The van der Waals surface area contributed by atoms with Crippen molar-refractivity contribution < 1.29 is 43.3 Å². The van der Waals surface area contributed by atoms with E-state index in [-0.39, 0.29) is 30.7 Å². The zero-order valence-electron chi connectivity index (χ0n) is 39.7. The smallest absolute Gasteiger partial charge is 0.410 e. The number of nitrogens with one attached hydrogen (secondary N) is 3. The molecule has 0 aliphatic rings. The molecule has 0 saturated carbocycles. The highest BCUT2D eigenvalue weighted by Gasteiger charge is 2.47. The maximum atomic E-state index is 14.8. The third-order valence-electron chi connectivity index (χ3n) is 10.4. The number of unbranched alkanes of at least 4 members (excludes halogenated alkanes) is 1. The Labute approximate surface area is 363 Å². The molecule has 2 rings (SSSR count). The highest BCUT2D eigenvalue weighted by Crippen LogP contribution is 2.37. The van der Waals surface area contributed by atoms with Crippen LogP contribution in [0.2, 0.25) is 0 Å². The van der Waals surface area contributed by atoms with E-state index in [0.717, 1.165) is 16.5 Å². The predicted octanol–water partition coefficient (Wildman–Crippen LogP) is 6.92. The normalized spacial score (nSPS) is 14.7. The van der Waals surface area contributed by atoms with Crippen LogP contribution in [0.5, 0.6) is 0 Å². The Kier molecular flexibility index (Phi) is 17.6. The minimum absolute atomic E-state index is 0.130. The molecule has 2 aromatic rings. The Bertz CT molecular complexity index is 1910. The molecule has 342 valence electrons. The number of rotatable bonds is 17. The van der Waals surface area contributed by atoms with Crippen LogP contribution in [-0.4, -0.2) is 111 Å². The fourth-order valence-electron chi connectivity index (χ4n) is 7.26. The van der Waals surface area contributed by atoms with E-state index in [1.165, 1.54) is 11.9 Å². The fourth-order valence-corrected chi connectivity index (χ4v) is 7.26. The summed E-state index contributed by atoms with van der Waals surface area (Å²) in [6.45, 7) is 25.5. The van der Waals surface area contributed by atoms with Gasteiger partial charge in [-0.15, -0.1) is 0 Å². The summed E-state index contributed by atoms with van der Waals surface area (Å²) < 4.78 is 12.9. The molecular formula is C46H74N6O9. The van der Waals surface area contributed by atoms with Crippen molar-refractivity contribution in [1.29, 1.82) is 0 Å². The SMILES string of the molecule is C/C(=C\[C@H](C(C)C)N(C)C(=O)[C@@H](NC(=O)[C@@H](N(C)C(=O)OC(C)(C)C)C(C)(C)c1cn(C)c2ccccc12)C(C)(C)C)C(=O)NCCCC[C@@H](NC(=O)OC(C)(C)C)C(=O)O. The Balaban J connectivity index is 2.34. The lowest BCUT2D eigenvalue weighted by Gasteiger charge is -2.42. The van der Waals surface area contributed by atoms with Gasteiger partial charge in [-0.2, -0.15) is 0 Å². The molecular weight excluding hydrogens is 781 g/mol. The number of benzene rings is 1. The second kappa shape index (κ2) is 20.7. The zero-order valence-corrected chi connectivity index (χ0v) is 39.7. The fraction of sp³-hybridized carbons (Fsp3) is 0.652. The number of fused-ring (bicyclic) bond motifs is 1. The summed E-state index contributed by atoms with van der Waals surface area (Å²) in [6, 6.07) is 4.02. The highest BCUT2D eigenvalue weighted by molar-refractivity contribution is 5.95. The predicted molar refractivity (Wildman–Crippen MR) is 238 cm³/mol. The topological polar surface area (TPSA) is 189 Å². The van der Waals surface area contributed by atoms with Crippen molar-refractivity contribution in [3.63, 3.8) is 0 Å². The zero-order chi connectivity index (χ0) is 47.0.